The lowest BCUT2D eigenvalue weighted by atomic mass is 9.88. The number of fused-ring (bicyclic) bond motifs is 2. The van der Waals surface area contributed by atoms with Crippen LogP contribution < -0.4 is 0 Å². The number of likely N-dealkylation sites (tertiary alicyclic amines) is 1. The van der Waals surface area contributed by atoms with Crippen LogP contribution in [0.2, 0.25) is 0 Å². The maximum atomic E-state index is 12.7. The number of nitrogens with zero attached hydrogens (tertiary/aromatic N) is 3. The van der Waals surface area contributed by atoms with Crippen LogP contribution in [0.1, 0.15) is 37.7 Å². The zero-order chi connectivity index (χ0) is 14.4. The number of aryl methyl sites for hydroxylation is 1. The Bertz CT molecular complexity index is 538. The van der Waals surface area contributed by atoms with Crippen molar-refractivity contribution in [3.8, 4) is 0 Å². The Kier molecular flexibility index (Phi) is 3.27. The molecule has 0 spiro atoms. The Morgan fingerprint density at radius 2 is 2.24 bits per heavy atom. The molecule has 4 rings (SSSR count). The van der Waals surface area contributed by atoms with Gasteiger partial charge in [0.05, 0.1) is 6.20 Å². The standard InChI is InChI=1S/C17H25N3O/c1-19-10-14(9-18-19)6-13-4-5-20(11-13)17(21)16-8-12-2-3-15(16)7-12/h9-10,12-13,15-16H,2-8,11H2,1H3. The molecule has 4 unspecified atom stereocenters. The van der Waals surface area contributed by atoms with Gasteiger partial charge in [0.25, 0.3) is 0 Å². The maximum absolute atomic E-state index is 12.7. The highest BCUT2D eigenvalue weighted by Gasteiger charge is 2.45. The Balaban J connectivity index is 1.34. The Labute approximate surface area is 126 Å². The van der Waals surface area contributed by atoms with Crippen molar-refractivity contribution in [2.45, 2.75) is 38.5 Å². The molecule has 4 heteroatoms. The number of aromatic nitrogens is 2. The minimum absolute atomic E-state index is 0.362. The van der Waals surface area contributed by atoms with Crippen molar-refractivity contribution in [2.75, 3.05) is 13.1 Å². The van der Waals surface area contributed by atoms with Gasteiger partial charge in [0, 0.05) is 32.3 Å². The van der Waals surface area contributed by atoms with E-state index in [4.69, 9.17) is 0 Å². The van der Waals surface area contributed by atoms with Gasteiger partial charge in [0.2, 0.25) is 5.91 Å². The van der Waals surface area contributed by atoms with Crippen LogP contribution in [0.5, 0.6) is 0 Å². The fourth-order valence-corrected chi connectivity index (χ4v) is 4.89. The highest BCUT2D eigenvalue weighted by Crippen LogP contribution is 2.49. The van der Waals surface area contributed by atoms with E-state index < -0.39 is 0 Å². The maximum Gasteiger partial charge on any atom is 0.225 e. The molecule has 2 heterocycles. The molecule has 4 atom stereocenters. The van der Waals surface area contributed by atoms with Gasteiger partial charge in [-0.2, -0.15) is 5.10 Å². The van der Waals surface area contributed by atoms with Gasteiger partial charge in [-0.1, -0.05) is 6.42 Å². The lowest BCUT2D eigenvalue weighted by Crippen LogP contribution is -2.36. The summed E-state index contributed by atoms with van der Waals surface area (Å²) < 4.78 is 1.86. The molecule has 2 saturated carbocycles. The number of amides is 1. The normalized spacial score (nSPS) is 34.8. The molecule has 1 amide bonds. The molecule has 0 N–H and O–H groups in total. The van der Waals surface area contributed by atoms with Crippen LogP contribution in [0.25, 0.3) is 0 Å². The van der Waals surface area contributed by atoms with Crippen LogP contribution in [-0.2, 0) is 18.3 Å². The first-order valence-electron chi connectivity index (χ1n) is 8.45. The average Bonchev–Trinajstić information content (AvgIpc) is 3.22. The molecule has 21 heavy (non-hydrogen) atoms. The summed E-state index contributed by atoms with van der Waals surface area (Å²) in [6, 6.07) is 0. The van der Waals surface area contributed by atoms with E-state index in [9.17, 15) is 4.79 Å². The summed E-state index contributed by atoms with van der Waals surface area (Å²) in [5.41, 5.74) is 1.30. The molecule has 0 aromatic carbocycles. The summed E-state index contributed by atoms with van der Waals surface area (Å²) >= 11 is 0. The smallest absolute Gasteiger partial charge is 0.225 e. The quantitative estimate of drug-likeness (QED) is 0.855. The molecule has 1 saturated heterocycles. The zero-order valence-electron chi connectivity index (χ0n) is 12.9. The summed E-state index contributed by atoms with van der Waals surface area (Å²) in [5.74, 6) is 3.02. The fraction of sp³-hybridized carbons (Fsp3) is 0.765. The lowest BCUT2D eigenvalue weighted by Gasteiger charge is -2.26. The molecule has 4 nitrogen and oxygen atoms in total. The number of hydrogen-bond acceptors (Lipinski definition) is 2. The molecule has 1 aromatic rings. The molecular formula is C17H25N3O. The van der Waals surface area contributed by atoms with E-state index >= 15 is 0 Å². The van der Waals surface area contributed by atoms with Crippen LogP contribution in [0, 0.1) is 23.7 Å². The minimum Gasteiger partial charge on any atom is -0.342 e. The van der Waals surface area contributed by atoms with E-state index in [0.717, 1.165) is 31.8 Å². The second kappa shape index (κ2) is 5.15. The van der Waals surface area contributed by atoms with E-state index in [1.165, 1.54) is 31.2 Å². The second-order valence-electron chi connectivity index (χ2n) is 7.45. The first-order valence-corrected chi connectivity index (χ1v) is 8.45. The highest BCUT2D eigenvalue weighted by atomic mass is 16.2. The first kappa shape index (κ1) is 13.4. The van der Waals surface area contributed by atoms with Gasteiger partial charge >= 0.3 is 0 Å². The van der Waals surface area contributed by atoms with Crippen molar-refractivity contribution < 1.29 is 4.79 Å². The number of rotatable bonds is 3. The third-order valence-corrected chi connectivity index (χ3v) is 5.94. The SMILES string of the molecule is Cn1cc(CC2CCN(C(=O)C3CC4CCC3C4)C2)cn1. The highest BCUT2D eigenvalue weighted by molar-refractivity contribution is 5.80. The van der Waals surface area contributed by atoms with Crippen molar-refractivity contribution in [3.63, 3.8) is 0 Å². The minimum atomic E-state index is 0.362. The first-order chi connectivity index (χ1) is 10.2. The average molecular weight is 287 g/mol. The van der Waals surface area contributed by atoms with Crippen molar-refractivity contribution in [3.05, 3.63) is 18.0 Å². The van der Waals surface area contributed by atoms with Crippen LogP contribution in [0.3, 0.4) is 0 Å². The molecule has 1 aliphatic heterocycles. The number of carbonyl (C=O) groups excluding carboxylic acids is 1. The van der Waals surface area contributed by atoms with Gasteiger partial charge in [-0.05, 0) is 55.4 Å². The van der Waals surface area contributed by atoms with Crippen LogP contribution >= 0.6 is 0 Å². The predicted molar refractivity (Wildman–Crippen MR) is 80.5 cm³/mol. The van der Waals surface area contributed by atoms with Crippen molar-refractivity contribution in [2.24, 2.45) is 30.7 Å². The van der Waals surface area contributed by atoms with E-state index in [1.54, 1.807) is 0 Å². The molecule has 3 fully saturated rings. The summed E-state index contributed by atoms with van der Waals surface area (Å²) in [4.78, 5) is 14.9. The Hall–Kier alpha value is -1.32. The monoisotopic (exact) mass is 287 g/mol. The summed E-state index contributed by atoms with van der Waals surface area (Å²) in [6.07, 6.45) is 11.4. The van der Waals surface area contributed by atoms with Gasteiger partial charge in [0.1, 0.15) is 0 Å². The summed E-state index contributed by atoms with van der Waals surface area (Å²) in [6.45, 7) is 1.93. The Morgan fingerprint density at radius 3 is 2.90 bits per heavy atom. The molecule has 1 aromatic heterocycles. The summed E-state index contributed by atoms with van der Waals surface area (Å²) in [7, 11) is 1.96. The molecular weight excluding hydrogens is 262 g/mol. The molecule has 0 radical (unpaired) electrons. The van der Waals surface area contributed by atoms with Crippen LogP contribution in [0.4, 0.5) is 0 Å². The predicted octanol–water partition coefficient (Wildman–Crippen LogP) is 2.25. The van der Waals surface area contributed by atoms with Crippen LogP contribution in [-0.4, -0.2) is 33.7 Å². The third kappa shape index (κ3) is 2.49. The second-order valence-corrected chi connectivity index (χ2v) is 7.45. The molecule has 2 aliphatic carbocycles. The fourth-order valence-electron chi connectivity index (χ4n) is 4.89. The molecule has 2 bridgehead atoms. The van der Waals surface area contributed by atoms with Gasteiger partial charge < -0.3 is 4.90 Å². The largest absolute Gasteiger partial charge is 0.342 e. The van der Waals surface area contributed by atoms with E-state index in [0.29, 0.717) is 23.7 Å². The topological polar surface area (TPSA) is 38.1 Å². The van der Waals surface area contributed by atoms with Gasteiger partial charge in [-0.3, -0.25) is 9.48 Å². The van der Waals surface area contributed by atoms with Crippen molar-refractivity contribution >= 4 is 5.91 Å². The molecule has 114 valence electrons. The Morgan fingerprint density at radius 1 is 1.33 bits per heavy atom. The molecule has 3 aliphatic rings. The van der Waals surface area contributed by atoms with Crippen molar-refractivity contribution in [1.29, 1.82) is 0 Å². The number of carbonyl (C=O) groups is 1. The van der Waals surface area contributed by atoms with Crippen LogP contribution in [0.15, 0.2) is 12.4 Å². The lowest BCUT2D eigenvalue weighted by molar-refractivity contribution is -0.136. The van der Waals surface area contributed by atoms with E-state index in [1.807, 2.05) is 17.9 Å². The van der Waals surface area contributed by atoms with E-state index in [2.05, 4.69) is 16.2 Å². The van der Waals surface area contributed by atoms with Gasteiger partial charge in [-0.15, -0.1) is 0 Å². The van der Waals surface area contributed by atoms with Gasteiger partial charge in [0.15, 0.2) is 0 Å². The van der Waals surface area contributed by atoms with Gasteiger partial charge in [-0.25, -0.2) is 0 Å². The number of hydrogen-bond donors (Lipinski definition) is 0. The van der Waals surface area contributed by atoms with Crippen molar-refractivity contribution in [1.82, 2.24) is 14.7 Å². The summed E-state index contributed by atoms with van der Waals surface area (Å²) in [5, 5.41) is 4.24. The van der Waals surface area contributed by atoms with E-state index in [-0.39, 0.29) is 0 Å². The third-order valence-electron chi connectivity index (χ3n) is 5.94. The zero-order valence-corrected chi connectivity index (χ0v) is 12.9.